The normalized spacial score (nSPS) is 10.5. The van der Waals surface area contributed by atoms with E-state index in [-0.39, 0.29) is 12.4 Å². The maximum Gasteiger partial charge on any atom is 0.339 e. The topological polar surface area (TPSA) is 48.4 Å². The van der Waals surface area contributed by atoms with E-state index in [9.17, 15) is 9.18 Å². The number of ether oxygens (including phenoxy) is 2. The largest absolute Gasteiger partial charge is 0.495 e. The third-order valence-corrected chi connectivity index (χ3v) is 3.44. The lowest BCUT2D eigenvalue weighted by Gasteiger charge is -2.08. The fourth-order valence-corrected chi connectivity index (χ4v) is 2.31. The van der Waals surface area contributed by atoms with Crippen LogP contribution in [0.25, 0.3) is 10.8 Å². The molecule has 0 amide bonds. The molecule has 3 rings (SSSR count). The number of esters is 1. The first-order valence-corrected chi connectivity index (χ1v) is 7.00. The van der Waals surface area contributed by atoms with Crippen LogP contribution in [0.4, 0.5) is 4.39 Å². The number of nitrogens with zero attached hydrogens (tertiary/aromatic N) is 1. The van der Waals surface area contributed by atoms with Crippen molar-refractivity contribution in [1.82, 2.24) is 4.98 Å². The second kappa shape index (κ2) is 6.44. The first kappa shape index (κ1) is 15.0. The number of pyridine rings is 1. The first-order chi connectivity index (χ1) is 11.2. The second-order valence-electron chi connectivity index (χ2n) is 4.98. The Balaban J connectivity index is 1.81. The lowest BCUT2D eigenvalue weighted by molar-refractivity contribution is 0.0474. The van der Waals surface area contributed by atoms with E-state index < -0.39 is 5.97 Å². The van der Waals surface area contributed by atoms with E-state index in [1.54, 1.807) is 49.8 Å². The second-order valence-corrected chi connectivity index (χ2v) is 4.98. The Hall–Kier alpha value is -2.95. The van der Waals surface area contributed by atoms with Crippen molar-refractivity contribution in [2.24, 2.45) is 0 Å². The maximum atomic E-state index is 13.3. The number of hydrogen-bond donors (Lipinski definition) is 0. The first-order valence-electron chi connectivity index (χ1n) is 7.00. The van der Waals surface area contributed by atoms with Gasteiger partial charge in [0.2, 0.25) is 0 Å². The number of halogens is 1. The maximum absolute atomic E-state index is 13.3. The molecule has 0 radical (unpaired) electrons. The van der Waals surface area contributed by atoms with E-state index in [1.165, 1.54) is 12.1 Å². The van der Waals surface area contributed by atoms with Crippen molar-refractivity contribution in [2.45, 2.75) is 6.61 Å². The van der Waals surface area contributed by atoms with Crippen LogP contribution in [0.3, 0.4) is 0 Å². The van der Waals surface area contributed by atoms with E-state index in [4.69, 9.17) is 9.47 Å². The summed E-state index contributed by atoms with van der Waals surface area (Å²) in [7, 11) is 1.54. The van der Waals surface area contributed by atoms with E-state index in [0.717, 1.165) is 5.56 Å². The van der Waals surface area contributed by atoms with Crippen molar-refractivity contribution < 1.29 is 18.7 Å². The average Bonchev–Trinajstić information content (AvgIpc) is 2.59. The Morgan fingerprint density at radius 1 is 1.17 bits per heavy atom. The van der Waals surface area contributed by atoms with Crippen LogP contribution in [-0.2, 0) is 11.3 Å². The fraction of sp³-hybridized carbons (Fsp3) is 0.111. The van der Waals surface area contributed by atoms with Gasteiger partial charge >= 0.3 is 5.97 Å². The zero-order valence-electron chi connectivity index (χ0n) is 12.5. The number of carbonyl (C=O) groups excluding carboxylic acids is 1. The molecule has 0 atom stereocenters. The highest BCUT2D eigenvalue weighted by Gasteiger charge is 2.12. The lowest BCUT2D eigenvalue weighted by atomic mass is 10.0. The molecular formula is C18H14FNO3. The van der Waals surface area contributed by atoms with Crippen LogP contribution in [-0.4, -0.2) is 18.1 Å². The average molecular weight is 311 g/mol. The van der Waals surface area contributed by atoms with E-state index in [0.29, 0.717) is 22.1 Å². The van der Waals surface area contributed by atoms with Gasteiger partial charge in [0.05, 0.1) is 18.9 Å². The van der Waals surface area contributed by atoms with Crippen LogP contribution in [0.2, 0.25) is 0 Å². The van der Waals surface area contributed by atoms with Crippen LogP contribution >= 0.6 is 0 Å². The molecule has 0 aliphatic heterocycles. The van der Waals surface area contributed by atoms with E-state index in [2.05, 4.69) is 4.98 Å². The van der Waals surface area contributed by atoms with Crippen LogP contribution in [0.15, 0.2) is 54.9 Å². The molecule has 2 aromatic carbocycles. The van der Waals surface area contributed by atoms with Gasteiger partial charge in [-0.05, 0) is 35.0 Å². The van der Waals surface area contributed by atoms with Crippen molar-refractivity contribution in [3.8, 4) is 5.75 Å². The third kappa shape index (κ3) is 3.29. The molecule has 0 unspecified atom stereocenters. The molecule has 23 heavy (non-hydrogen) atoms. The summed E-state index contributed by atoms with van der Waals surface area (Å²) >= 11 is 0. The Morgan fingerprint density at radius 2 is 2.04 bits per heavy atom. The summed E-state index contributed by atoms with van der Waals surface area (Å²) in [4.78, 5) is 16.3. The number of hydrogen-bond acceptors (Lipinski definition) is 4. The van der Waals surface area contributed by atoms with Gasteiger partial charge < -0.3 is 9.47 Å². The summed E-state index contributed by atoms with van der Waals surface area (Å²) in [6.45, 7) is 0.0839. The summed E-state index contributed by atoms with van der Waals surface area (Å²) in [5.41, 5.74) is 1.13. The zero-order chi connectivity index (χ0) is 16.2. The number of aromatic nitrogens is 1. The molecular weight excluding hydrogens is 297 g/mol. The highest BCUT2D eigenvalue weighted by atomic mass is 19.1. The third-order valence-electron chi connectivity index (χ3n) is 3.44. The summed E-state index contributed by atoms with van der Waals surface area (Å²) in [6.07, 6.45) is 3.18. The van der Waals surface area contributed by atoms with Gasteiger partial charge in [-0.25, -0.2) is 9.18 Å². The number of carbonyl (C=O) groups is 1. The molecule has 3 aromatic rings. The molecule has 116 valence electrons. The van der Waals surface area contributed by atoms with Crippen molar-refractivity contribution in [2.75, 3.05) is 7.11 Å². The Kier molecular flexibility index (Phi) is 4.19. The van der Waals surface area contributed by atoms with Gasteiger partial charge in [0, 0.05) is 11.8 Å². The Labute approximate surface area is 132 Å². The van der Waals surface area contributed by atoms with Gasteiger partial charge in [-0.3, -0.25) is 4.98 Å². The number of fused-ring (bicyclic) bond motifs is 1. The Bertz CT molecular complexity index is 864. The molecule has 0 aliphatic rings. The molecule has 0 bridgehead atoms. The molecule has 0 N–H and O–H groups in total. The van der Waals surface area contributed by atoms with Gasteiger partial charge in [-0.2, -0.15) is 0 Å². The number of benzene rings is 2. The number of methoxy groups -OCH3 is 1. The van der Waals surface area contributed by atoms with Gasteiger partial charge in [-0.1, -0.05) is 18.2 Å². The minimum absolute atomic E-state index is 0.0839. The predicted octanol–water partition coefficient (Wildman–Crippen LogP) is 3.74. The molecule has 1 aromatic heterocycles. The van der Waals surface area contributed by atoms with Crippen LogP contribution < -0.4 is 4.74 Å². The molecule has 5 heteroatoms. The van der Waals surface area contributed by atoms with Gasteiger partial charge in [0.25, 0.3) is 0 Å². The monoisotopic (exact) mass is 311 g/mol. The molecule has 0 aliphatic carbocycles. The Morgan fingerprint density at radius 3 is 2.87 bits per heavy atom. The van der Waals surface area contributed by atoms with Crippen molar-refractivity contribution in [3.63, 3.8) is 0 Å². The smallest absolute Gasteiger partial charge is 0.339 e. The van der Waals surface area contributed by atoms with Crippen LogP contribution in [0.1, 0.15) is 15.9 Å². The molecule has 0 saturated heterocycles. The van der Waals surface area contributed by atoms with Crippen LogP contribution in [0, 0.1) is 5.82 Å². The van der Waals surface area contributed by atoms with Gasteiger partial charge in [0.15, 0.2) is 0 Å². The molecule has 0 fully saturated rings. The van der Waals surface area contributed by atoms with E-state index >= 15 is 0 Å². The minimum Gasteiger partial charge on any atom is -0.495 e. The summed E-state index contributed by atoms with van der Waals surface area (Å²) < 4.78 is 23.7. The van der Waals surface area contributed by atoms with Crippen molar-refractivity contribution in [1.29, 1.82) is 0 Å². The van der Waals surface area contributed by atoms with Crippen molar-refractivity contribution >= 4 is 16.7 Å². The summed E-state index contributed by atoms with van der Waals surface area (Å²) in [5, 5.41) is 1.31. The molecule has 0 spiro atoms. The quantitative estimate of drug-likeness (QED) is 0.689. The predicted molar refractivity (Wildman–Crippen MR) is 83.8 cm³/mol. The standard InChI is InChI=1S/C18H14FNO3/c1-22-15-7-12(9-20-10-15)11-23-18(21)17-4-2-3-13-8-14(19)5-6-16(13)17/h2-10H,11H2,1H3. The fourth-order valence-electron chi connectivity index (χ4n) is 2.31. The minimum atomic E-state index is -0.468. The van der Waals surface area contributed by atoms with Crippen LogP contribution in [0.5, 0.6) is 5.75 Å². The zero-order valence-corrected chi connectivity index (χ0v) is 12.5. The molecule has 4 nitrogen and oxygen atoms in total. The molecule has 1 heterocycles. The van der Waals surface area contributed by atoms with Gasteiger partial charge in [-0.15, -0.1) is 0 Å². The molecule has 0 saturated carbocycles. The van der Waals surface area contributed by atoms with Crippen molar-refractivity contribution in [3.05, 3.63) is 71.8 Å². The van der Waals surface area contributed by atoms with E-state index in [1.807, 2.05) is 0 Å². The highest BCUT2D eigenvalue weighted by molar-refractivity contribution is 6.04. The SMILES string of the molecule is COc1cncc(COC(=O)c2cccc3cc(F)ccc23)c1. The van der Waals surface area contributed by atoms with Gasteiger partial charge in [0.1, 0.15) is 18.2 Å². The highest BCUT2D eigenvalue weighted by Crippen LogP contribution is 2.21. The number of rotatable bonds is 4. The lowest BCUT2D eigenvalue weighted by Crippen LogP contribution is -2.06. The summed E-state index contributed by atoms with van der Waals surface area (Å²) in [5.74, 6) is -0.213. The summed E-state index contributed by atoms with van der Waals surface area (Å²) in [6, 6.07) is 11.1.